The van der Waals surface area contributed by atoms with Crippen molar-refractivity contribution in [3.8, 4) is 0 Å². The molecule has 0 saturated carbocycles. The molecule has 1 aliphatic heterocycles. The quantitative estimate of drug-likeness (QED) is 0.820. The zero-order chi connectivity index (χ0) is 13.5. The number of hydrogen-bond acceptors (Lipinski definition) is 3. The van der Waals surface area contributed by atoms with Gasteiger partial charge in [0.1, 0.15) is 0 Å². The first kappa shape index (κ1) is 14.5. The molecule has 0 aromatic heterocycles. The van der Waals surface area contributed by atoms with E-state index >= 15 is 0 Å². The molecule has 19 heavy (non-hydrogen) atoms. The molecule has 1 aromatic rings. The number of benzene rings is 1. The van der Waals surface area contributed by atoms with Gasteiger partial charge in [0.05, 0.1) is 12.7 Å². The van der Waals surface area contributed by atoms with Crippen molar-refractivity contribution in [2.75, 3.05) is 26.9 Å². The van der Waals surface area contributed by atoms with Crippen molar-refractivity contribution in [2.24, 2.45) is 5.92 Å². The molecule has 3 heteroatoms. The van der Waals surface area contributed by atoms with Crippen molar-refractivity contribution in [1.29, 1.82) is 0 Å². The molecule has 0 bridgehead atoms. The number of methoxy groups -OCH3 is 1. The van der Waals surface area contributed by atoms with Crippen molar-refractivity contribution < 1.29 is 9.47 Å². The van der Waals surface area contributed by atoms with Crippen LogP contribution in [0.15, 0.2) is 30.3 Å². The molecule has 0 spiro atoms. The van der Waals surface area contributed by atoms with Crippen LogP contribution < -0.4 is 5.32 Å². The summed E-state index contributed by atoms with van der Waals surface area (Å²) in [6.07, 6.45) is 2.47. The molecule has 2 rings (SSSR count). The second-order valence-corrected chi connectivity index (χ2v) is 5.22. The van der Waals surface area contributed by atoms with Gasteiger partial charge in [0, 0.05) is 32.2 Å². The van der Waals surface area contributed by atoms with E-state index in [1.807, 2.05) is 0 Å². The molecule has 106 valence electrons. The Morgan fingerprint density at radius 2 is 2.16 bits per heavy atom. The third-order valence-corrected chi connectivity index (χ3v) is 3.87. The van der Waals surface area contributed by atoms with Gasteiger partial charge in [-0.1, -0.05) is 37.3 Å². The van der Waals surface area contributed by atoms with Crippen LogP contribution in [0.1, 0.15) is 31.4 Å². The van der Waals surface area contributed by atoms with E-state index in [9.17, 15) is 0 Å². The number of nitrogens with one attached hydrogen (secondary N) is 1. The Balaban J connectivity index is 1.89. The molecule has 1 aliphatic rings. The lowest BCUT2D eigenvalue weighted by molar-refractivity contribution is 0.0877. The third-order valence-electron chi connectivity index (χ3n) is 3.87. The minimum atomic E-state index is 0.244. The van der Waals surface area contributed by atoms with E-state index in [1.54, 1.807) is 7.11 Å². The van der Waals surface area contributed by atoms with E-state index in [0.717, 1.165) is 32.6 Å². The van der Waals surface area contributed by atoms with Crippen molar-refractivity contribution in [3.63, 3.8) is 0 Å². The van der Waals surface area contributed by atoms with Crippen LogP contribution in [0.25, 0.3) is 0 Å². The Morgan fingerprint density at radius 3 is 2.84 bits per heavy atom. The predicted octanol–water partition coefficient (Wildman–Crippen LogP) is 2.78. The fraction of sp³-hybridized carbons (Fsp3) is 0.625. The molecule has 1 fully saturated rings. The number of rotatable bonds is 7. The molecule has 0 amide bonds. The van der Waals surface area contributed by atoms with Gasteiger partial charge in [-0.05, 0) is 18.4 Å². The Kier molecular flexibility index (Phi) is 5.83. The van der Waals surface area contributed by atoms with Crippen LogP contribution in [0.4, 0.5) is 0 Å². The normalized spacial score (nSPS) is 24.5. The monoisotopic (exact) mass is 263 g/mol. The Morgan fingerprint density at radius 1 is 1.37 bits per heavy atom. The number of ether oxygens (including phenoxy) is 2. The first-order valence-corrected chi connectivity index (χ1v) is 7.24. The lowest BCUT2D eigenvalue weighted by Crippen LogP contribution is -2.36. The maximum atomic E-state index is 5.91. The van der Waals surface area contributed by atoms with Crippen molar-refractivity contribution in [3.05, 3.63) is 35.9 Å². The van der Waals surface area contributed by atoms with Gasteiger partial charge in [-0.25, -0.2) is 0 Å². The average Bonchev–Trinajstić information content (AvgIpc) is 2.93. The highest BCUT2D eigenvalue weighted by Crippen LogP contribution is 2.33. The molecular formula is C16H25NO2. The molecule has 1 saturated heterocycles. The van der Waals surface area contributed by atoms with Gasteiger partial charge in [-0.2, -0.15) is 0 Å². The zero-order valence-corrected chi connectivity index (χ0v) is 12.0. The summed E-state index contributed by atoms with van der Waals surface area (Å²) in [6, 6.07) is 11.0. The highest BCUT2D eigenvalue weighted by Gasteiger charge is 2.29. The van der Waals surface area contributed by atoms with E-state index in [4.69, 9.17) is 9.47 Å². The Hall–Kier alpha value is -0.900. The van der Waals surface area contributed by atoms with Crippen LogP contribution in [0.3, 0.4) is 0 Å². The molecule has 1 N–H and O–H groups in total. The summed E-state index contributed by atoms with van der Waals surface area (Å²) in [7, 11) is 1.76. The minimum Gasteiger partial charge on any atom is -0.383 e. The smallest absolute Gasteiger partial charge is 0.0866 e. The van der Waals surface area contributed by atoms with E-state index in [0.29, 0.717) is 12.0 Å². The summed E-state index contributed by atoms with van der Waals surface area (Å²) < 4.78 is 11.1. The highest BCUT2D eigenvalue weighted by atomic mass is 16.5. The van der Waals surface area contributed by atoms with Gasteiger partial charge in [0.25, 0.3) is 0 Å². The van der Waals surface area contributed by atoms with Gasteiger partial charge >= 0.3 is 0 Å². The van der Waals surface area contributed by atoms with Crippen LogP contribution in [0, 0.1) is 5.92 Å². The summed E-state index contributed by atoms with van der Waals surface area (Å²) in [6.45, 7) is 4.84. The van der Waals surface area contributed by atoms with E-state index in [2.05, 4.69) is 42.6 Å². The Bertz CT molecular complexity index is 355. The maximum absolute atomic E-state index is 5.91. The first-order chi connectivity index (χ1) is 9.35. The van der Waals surface area contributed by atoms with Crippen molar-refractivity contribution >= 4 is 0 Å². The fourth-order valence-corrected chi connectivity index (χ4v) is 2.69. The van der Waals surface area contributed by atoms with E-state index in [1.165, 1.54) is 5.56 Å². The lowest BCUT2D eigenvalue weighted by Gasteiger charge is -2.23. The molecule has 3 atom stereocenters. The van der Waals surface area contributed by atoms with Gasteiger partial charge in [0.2, 0.25) is 0 Å². The van der Waals surface area contributed by atoms with E-state index < -0.39 is 0 Å². The molecule has 0 radical (unpaired) electrons. The largest absolute Gasteiger partial charge is 0.383 e. The lowest BCUT2D eigenvalue weighted by atomic mass is 9.95. The molecule has 1 heterocycles. The summed E-state index contributed by atoms with van der Waals surface area (Å²) in [4.78, 5) is 0. The SMILES string of the molecule is CCC(COC)NC[C@H]1CCO[C@@H]1c1ccccc1. The topological polar surface area (TPSA) is 30.5 Å². The summed E-state index contributed by atoms with van der Waals surface area (Å²) >= 11 is 0. The molecule has 0 aliphatic carbocycles. The van der Waals surface area contributed by atoms with Gasteiger partial charge in [-0.15, -0.1) is 0 Å². The first-order valence-electron chi connectivity index (χ1n) is 7.24. The van der Waals surface area contributed by atoms with Crippen LogP contribution in [0.5, 0.6) is 0 Å². The summed E-state index contributed by atoms with van der Waals surface area (Å²) in [5.74, 6) is 0.563. The van der Waals surface area contributed by atoms with Crippen molar-refractivity contribution in [2.45, 2.75) is 31.9 Å². The van der Waals surface area contributed by atoms with Crippen LogP contribution >= 0.6 is 0 Å². The van der Waals surface area contributed by atoms with Gasteiger partial charge < -0.3 is 14.8 Å². The second-order valence-electron chi connectivity index (χ2n) is 5.22. The van der Waals surface area contributed by atoms with Gasteiger partial charge in [0.15, 0.2) is 0 Å². The molecular weight excluding hydrogens is 238 g/mol. The number of hydrogen-bond donors (Lipinski definition) is 1. The van der Waals surface area contributed by atoms with Crippen LogP contribution in [0.2, 0.25) is 0 Å². The zero-order valence-electron chi connectivity index (χ0n) is 12.0. The summed E-state index contributed by atoms with van der Waals surface area (Å²) in [5.41, 5.74) is 1.30. The van der Waals surface area contributed by atoms with Crippen LogP contribution in [-0.2, 0) is 9.47 Å². The molecule has 3 nitrogen and oxygen atoms in total. The van der Waals surface area contributed by atoms with Crippen LogP contribution in [-0.4, -0.2) is 32.9 Å². The Labute approximate surface area is 116 Å². The molecule has 1 unspecified atom stereocenters. The summed E-state index contributed by atoms with van der Waals surface area (Å²) in [5, 5.41) is 3.61. The highest BCUT2D eigenvalue weighted by molar-refractivity contribution is 5.19. The van der Waals surface area contributed by atoms with E-state index in [-0.39, 0.29) is 6.10 Å². The second kappa shape index (κ2) is 7.63. The predicted molar refractivity (Wildman–Crippen MR) is 77.2 cm³/mol. The molecule has 1 aromatic carbocycles. The average molecular weight is 263 g/mol. The minimum absolute atomic E-state index is 0.244. The van der Waals surface area contributed by atoms with Crippen molar-refractivity contribution in [1.82, 2.24) is 5.32 Å². The standard InChI is InChI=1S/C16H25NO2/c1-3-15(12-18-2)17-11-14-9-10-19-16(14)13-7-5-4-6-8-13/h4-8,14-17H,3,9-12H2,1-2H3/t14-,15?,16-/m1/s1. The third kappa shape index (κ3) is 4.03. The fourth-order valence-electron chi connectivity index (χ4n) is 2.69. The maximum Gasteiger partial charge on any atom is 0.0866 e. The van der Waals surface area contributed by atoms with Gasteiger partial charge in [-0.3, -0.25) is 0 Å².